The molecule has 0 unspecified atom stereocenters. The predicted molar refractivity (Wildman–Crippen MR) is 118 cm³/mol. The first-order valence-corrected chi connectivity index (χ1v) is 10.8. The molecule has 0 aliphatic heterocycles. The van der Waals surface area contributed by atoms with E-state index >= 15 is 0 Å². The van der Waals surface area contributed by atoms with Crippen molar-refractivity contribution < 1.29 is 9.59 Å². The highest BCUT2D eigenvalue weighted by atomic mass is 79.9. The van der Waals surface area contributed by atoms with Gasteiger partial charge in [-0.2, -0.15) is 0 Å². The van der Waals surface area contributed by atoms with E-state index in [0.717, 1.165) is 15.7 Å². The number of carbonyl (C=O) groups excluding carboxylic acids is 2. The van der Waals surface area contributed by atoms with Gasteiger partial charge in [0.25, 0.3) is 0 Å². The van der Waals surface area contributed by atoms with Crippen LogP contribution in [0.3, 0.4) is 0 Å². The van der Waals surface area contributed by atoms with Crippen molar-refractivity contribution in [2.24, 2.45) is 7.05 Å². The van der Waals surface area contributed by atoms with Crippen LogP contribution in [0.1, 0.15) is 27.3 Å². The summed E-state index contributed by atoms with van der Waals surface area (Å²) in [7, 11) is 1.80. The van der Waals surface area contributed by atoms with Gasteiger partial charge < -0.3 is 9.88 Å². The maximum absolute atomic E-state index is 12.4. The summed E-state index contributed by atoms with van der Waals surface area (Å²) >= 11 is 4.66. The van der Waals surface area contributed by atoms with Crippen molar-refractivity contribution in [1.82, 2.24) is 14.8 Å². The minimum absolute atomic E-state index is 0.0135. The Labute approximate surface area is 182 Å². The molecule has 1 amide bonds. The number of benzene rings is 2. The lowest BCUT2D eigenvalue weighted by molar-refractivity contribution is -0.115. The molecule has 1 N–H and O–H groups in total. The normalized spacial score (nSPS) is 10.8. The molecule has 6 nitrogen and oxygen atoms in total. The van der Waals surface area contributed by atoms with Crippen LogP contribution in [-0.4, -0.2) is 32.2 Å². The average molecular weight is 473 g/mol. The van der Waals surface area contributed by atoms with Crippen LogP contribution in [0.2, 0.25) is 0 Å². The van der Waals surface area contributed by atoms with Crippen LogP contribution in [0.4, 0.5) is 5.69 Å². The standard InChI is InChI=1S/C21H21BrN4O2S/c1-13-4-9-17(10-14(13)2)23-20(28)11-19-24-25-21(26(19)3)29-12-18(27)15-5-7-16(22)8-6-15/h4-10H,11-12H2,1-3H3,(H,23,28). The van der Waals surface area contributed by atoms with Crippen LogP contribution in [0.15, 0.2) is 52.1 Å². The first-order valence-electron chi connectivity index (χ1n) is 9.00. The van der Waals surface area contributed by atoms with Gasteiger partial charge in [0.1, 0.15) is 5.82 Å². The number of ketones is 1. The Morgan fingerprint density at radius 1 is 1.07 bits per heavy atom. The Bertz CT molecular complexity index is 1050. The van der Waals surface area contributed by atoms with E-state index in [-0.39, 0.29) is 23.9 Å². The summed E-state index contributed by atoms with van der Waals surface area (Å²) in [5.41, 5.74) is 3.71. The third-order valence-electron chi connectivity index (χ3n) is 4.53. The highest BCUT2D eigenvalue weighted by molar-refractivity contribution is 9.10. The van der Waals surface area contributed by atoms with Gasteiger partial charge in [0.05, 0.1) is 12.2 Å². The Hall–Kier alpha value is -2.45. The number of carbonyl (C=O) groups is 2. The highest BCUT2D eigenvalue weighted by Gasteiger charge is 2.15. The number of Topliss-reactive ketones (excluding diaryl/α,β-unsaturated/α-hetero) is 1. The number of nitrogens with zero attached hydrogens (tertiary/aromatic N) is 3. The zero-order valence-electron chi connectivity index (χ0n) is 16.4. The lowest BCUT2D eigenvalue weighted by atomic mass is 10.1. The van der Waals surface area contributed by atoms with E-state index in [4.69, 9.17) is 0 Å². The van der Waals surface area contributed by atoms with Gasteiger partial charge in [0.2, 0.25) is 5.91 Å². The smallest absolute Gasteiger partial charge is 0.232 e. The third-order valence-corrected chi connectivity index (χ3v) is 6.08. The first kappa shape index (κ1) is 21.3. The molecule has 0 radical (unpaired) electrons. The van der Waals surface area contributed by atoms with Gasteiger partial charge >= 0.3 is 0 Å². The molecule has 0 aliphatic rings. The second-order valence-corrected chi connectivity index (χ2v) is 8.56. The fourth-order valence-electron chi connectivity index (χ4n) is 2.64. The van der Waals surface area contributed by atoms with Crippen LogP contribution >= 0.6 is 27.7 Å². The van der Waals surface area contributed by atoms with E-state index in [1.54, 1.807) is 23.7 Å². The Kier molecular flexibility index (Phi) is 6.87. The quantitative estimate of drug-likeness (QED) is 0.408. The molecule has 2 aromatic carbocycles. The lowest BCUT2D eigenvalue weighted by Gasteiger charge is -2.08. The van der Waals surface area contributed by atoms with E-state index in [1.807, 2.05) is 44.2 Å². The lowest BCUT2D eigenvalue weighted by Crippen LogP contribution is -2.17. The molecule has 8 heteroatoms. The summed E-state index contributed by atoms with van der Waals surface area (Å²) in [6, 6.07) is 13.0. The van der Waals surface area contributed by atoms with Gasteiger partial charge in [-0.05, 0) is 49.2 Å². The van der Waals surface area contributed by atoms with E-state index in [0.29, 0.717) is 16.5 Å². The van der Waals surface area contributed by atoms with Gasteiger partial charge in [0.15, 0.2) is 10.9 Å². The Balaban J connectivity index is 1.58. The molecule has 0 fully saturated rings. The molecule has 1 aromatic heterocycles. The number of rotatable bonds is 7. The van der Waals surface area contributed by atoms with Crippen molar-refractivity contribution >= 4 is 45.1 Å². The number of hydrogen-bond donors (Lipinski definition) is 1. The number of aromatic nitrogens is 3. The van der Waals surface area contributed by atoms with Crippen LogP contribution in [-0.2, 0) is 18.3 Å². The van der Waals surface area contributed by atoms with E-state index in [1.165, 1.54) is 17.3 Å². The van der Waals surface area contributed by atoms with Gasteiger partial charge in [0, 0.05) is 22.8 Å². The fraction of sp³-hybridized carbons (Fsp3) is 0.238. The summed E-state index contributed by atoms with van der Waals surface area (Å²) < 4.78 is 2.68. The molecule has 0 spiro atoms. The Morgan fingerprint density at radius 2 is 1.79 bits per heavy atom. The average Bonchev–Trinajstić information content (AvgIpc) is 3.03. The summed E-state index contributed by atoms with van der Waals surface area (Å²) in [6.45, 7) is 4.04. The minimum atomic E-state index is -0.161. The molecule has 3 aromatic rings. The summed E-state index contributed by atoms with van der Waals surface area (Å²) in [5.74, 6) is 0.651. The largest absolute Gasteiger partial charge is 0.326 e. The second kappa shape index (κ2) is 9.37. The molecule has 29 heavy (non-hydrogen) atoms. The molecule has 0 atom stereocenters. The number of nitrogens with one attached hydrogen (secondary N) is 1. The third kappa shape index (κ3) is 5.55. The van der Waals surface area contributed by atoms with Crippen LogP contribution in [0.25, 0.3) is 0 Å². The number of amides is 1. The molecular weight excluding hydrogens is 452 g/mol. The minimum Gasteiger partial charge on any atom is -0.326 e. The Morgan fingerprint density at radius 3 is 2.48 bits per heavy atom. The first-order chi connectivity index (χ1) is 13.8. The molecule has 1 heterocycles. The molecule has 0 saturated carbocycles. The maximum Gasteiger partial charge on any atom is 0.232 e. The van der Waals surface area contributed by atoms with Crippen LogP contribution in [0, 0.1) is 13.8 Å². The van der Waals surface area contributed by atoms with Gasteiger partial charge in [-0.3, -0.25) is 9.59 Å². The predicted octanol–water partition coefficient (Wildman–Crippen LogP) is 4.35. The van der Waals surface area contributed by atoms with E-state index in [9.17, 15) is 9.59 Å². The van der Waals surface area contributed by atoms with Gasteiger partial charge in [-0.25, -0.2) is 0 Å². The molecule has 0 aliphatic carbocycles. The number of aryl methyl sites for hydroxylation is 2. The molecule has 0 saturated heterocycles. The van der Waals surface area contributed by atoms with Crippen molar-refractivity contribution in [3.8, 4) is 0 Å². The summed E-state index contributed by atoms with van der Waals surface area (Å²) in [5, 5.41) is 11.7. The molecule has 0 bridgehead atoms. The maximum atomic E-state index is 12.4. The van der Waals surface area contributed by atoms with Crippen molar-refractivity contribution in [3.05, 3.63) is 69.5 Å². The molecule has 150 valence electrons. The number of thioether (sulfide) groups is 1. The van der Waals surface area contributed by atoms with E-state index < -0.39 is 0 Å². The van der Waals surface area contributed by atoms with E-state index in [2.05, 4.69) is 31.4 Å². The SMILES string of the molecule is Cc1ccc(NC(=O)Cc2nnc(SCC(=O)c3ccc(Br)cc3)n2C)cc1C. The zero-order chi connectivity index (χ0) is 21.0. The number of anilines is 1. The van der Waals surface area contributed by atoms with Crippen LogP contribution < -0.4 is 5.32 Å². The summed E-state index contributed by atoms with van der Waals surface area (Å²) in [6.07, 6.45) is 0.109. The number of halogens is 1. The second-order valence-electron chi connectivity index (χ2n) is 6.70. The van der Waals surface area contributed by atoms with Crippen molar-refractivity contribution in [2.45, 2.75) is 25.4 Å². The topological polar surface area (TPSA) is 76.9 Å². The summed E-state index contributed by atoms with van der Waals surface area (Å²) in [4.78, 5) is 24.7. The number of hydrogen-bond acceptors (Lipinski definition) is 5. The van der Waals surface area contributed by atoms with Gasteiger partial charge in [-0.15, -0.1) is 10.2 Å². The van der Waals surface area contributed by atoms with Gasteiger partial charge in [-0.1, -0.05) is 45.9 Å². The highest BCUT2D eigenvalue weighted by Crippen LogP contribution is 2.19. The van der Waals surface area contributed by atoms with Crippen molar-refractivity contribution in [2.75, 3.05) is 11.1 Å². The zero-order valence-corrected chi connectivity index (χ0v) is 18.8. The molecule has 3 rings (SSSR count). The monoisotopic (exact) mass is 472 g/mol. The fourth-order valence-corrected chi connectivity index (χ4v) is 3.73. The van der Waals surface area contributed by atoms with Crippen molar-refractivity contribution in [3.63, 3.8) is 0 Å². The van der Waals surface area contributed by atoms with Crippen LogP contribution in [0.5, 0.6) is 0 Å². The van der Waals surface area contributed by atoms with Crippen molar-refractivity contribution in [1.29, 1.82) is 0 Å². The molecular formula is C21H21BrN4O2S.